The van der Waals surface area contributed by atoms with Gasteiger partial charge in [0.1, 0.15) is 4.90 Å². The maximum absolute atomic E-state index is 12.7. The summed E-state index contributed by atoms with van der Waals surface area (Å²) >= 11 is 12.0. The SMILES string of the molecule is C[C@@H](N)[C@H]1CCCN(S(=O)(=O)c2c(Cl)cccc2Cl)C1. The number of benzene rings is 1. The first-order valence-corrected chi connectivity index (χ1v) is 8.73. The number of sulfonamides is 1. The van der Waals surface area contributed by atoms with Gasteiger partial charge < -0.3 is 5.73 Å². The van der Waals surface area contributed by atoms with E-state index in [0.717, 1.165) is 12.8 Å². The van der Waals surface area contributed by atoms with Crippen molar-refractivity contribution < 1.29 is 8.42 Å². The molecule has 0 aliphatic carbocycles. The summed E-state index contributed by atoms with van der Waals surface area (Å²) in [4.78, 5) is -0.00587. The maximum Gasteiger partial charge on any atom is 0.246 e. The van der Waals surface area contributed by atoms with Crippen LogP contribution in [0.1, 0.15) is 19.8 Å². The van der Waals surface area contributed by atoms with E-state index < -0.39 is 10.0 Å². The Labute approximate surface area is 129 Å². The number of rotatable bonds is 3. The average molecular weight is 337 g/mol. The van der Waals surface area contributed by atoms with Gasteiger partial charge in [0.05, 0.1) is 10.0 Å². The van der Waals surface area contributed by atoms with E-state index in [1.165, 1.54) is 16.4 Å². The molecule has 1 aliphatic rings. The molecule has 0 bridgehead atoms. The highest BCUT2D eigenvalue weighted by Crippen LogP contribution is 2.33. The molecule has 4 nitrogen and oxygen atoms in total. The molecule has 7 heteroatoms. The van der Waals surface area contributed by atoms with Gasteiger partial charge in [-0.15, -0.1) is 0 Å². The average Bonchev–Trinajstić information content (AvgIpc) is 2.38. The lowest BCUT2D eigenvalue weighted by atomic mass is 9.93. The molecular formula is C13H18Cl2N2O2S. The molecule has 2 atom stereocenters. The summed E-state index contributed by atoms with van der Waals surface area (Å²) in [6, 6.07) is 4.67. The Morgan fingerprint density at radius 1 is 1.35 bits per heavy atom. The van der Waals surface area contributed by atoms with Crippen molar-refractivity contribution >= 4 is 33.2 Å². The Bertz CT molecular complexity index is 570. The molecule has 0 unspecified atom stereocenters. The summed E-state index contributed by atoms with van der Waals surface area (Å²) in [7, 11) is -3.68. The Morgan fingerprint density at radius 3 is 2.50 bits per heavy atom. The largest absolute Gasteiger partial charge is 0.328 e. The molecule has 1 fully saturated rings. The van der Waals surface area contributed by atoms with E-state index in [4.69, 9.17) is 28.9 Å². The third kappa shape index (κ3) is 3.12. The fourth-order valence-corrected chi connectivity index (χ4v) is 5.11. The summed E-state index contributed by atoms with van der Waals surface area (Å²) in [5.74, 6) is 0.166. The fourth-order valence-electron chi connectivity index (χ4n) is 2.48. The van der Waals surface area contributed by atoms with Gasteiger partial charge in [-0.3, -0.25) is 0 Å². The van der Waals surface area contributed by atoms with Crippen LogP contribution in [0.2, 0.25) is 10.0 Å². The smallest absolute Gasteiger partial charge is 0.246 e. The van der Waals surface area contributed by atoms with Crippen LogP contribution in [0, 0.1) is 5.92 Å². The monoisotopic (exact) mass is 336 g/mol. The summed E-state index contributed by atoms with van der Waals surface area (Å²) in [6.45, 7) is 2.80. The second-order valence-electron chi connectivity index (χ2n) is 5.18. The molecule has 112 valence electrons. The minimum Gasteiger partial charge on any atom is -0.328 e. The third-order valence-corrected chi connectivity index (χ3v) is 6.50. The highest BCUT2D eigenvalue weighted by molar-refractivity contribution is 7.89. The van der Waals surface area contributed by atoms with Crippen LogP contribution in [-0.2, 0) is 10.0 Å². The van der Waals surface area contributed by atoms with Crippen LogP contribution >= 0.6 is 23.2 Å². The zero-order valence-corrected chi connectivity index (χ0v) is 13.5. The van der Waals surface area contributed by atoms with Crippen LogP contribution < -0.4 is 5.73 Å². The highest BCUT2D eigenvalue weighted by atomic mass is 35.5. The van der Waals surface area contributed by atoms with Crippen molar-refractivity contribution in [1.29, 1.82) is 0 Å². The van der Waals surface area contributed by atoms with Crippen LogP contribution in [0.5, 0.6) is 0 Å². The lowest BCUT2D eigenvalue weighted by Crippen LogP contribution is -2.45. The Morgan fingerprint density at radius 2 is 1.95 bits per heavy atom. The van der Waals surface area contributed by atoms with Gasteiger partial charge in [0.25, 0.3) is 0 Å². The predicted molar refractivity (Wildman–Crippen MR) is 81.6 cm³/mol. The van der Waals surface area contributed by atoms with Crippen molar-refractivity contribution in [3.8, 4) is 0 Å². The Hall–Kier alpha value is -0.330. The molecule has 2 rings (SSSR count). The topological polar surface area (TPSA) is 63.4 Å². The number of nitrogens with zero attached hydrogens (tertiary/aromatic N) is 1. The number of hydrogen-bond donors (Lipinski definition) is 1. The van der Waals surface area contributed by atoms with Gasteiger partial charge in [0.15, 0.2) is 0 Å². The van der Waals surface area contributed by atoms with Crippen molar-refractivity contribution in [3.05, 3.63) is 28.2 Å². The van der Waals surface area contributed by atoms with Crippen LogP contribution in [0.3, 0.4) is 0 Å². The van der Waals surface area contributed by atoms with E-state index in [2.05, 4.69) is 0 Å². The molecule has 0 spiro atoms. The van der Waals surface area contributed by atoms with Gasteiger partial charge in [0.2, 0.25) is 10.0 Å². The van der Waals surface area contributed by atoms with Gasteiger partial charge >= 0.3 is 0 Å². The predicted octanol–water partition coefficient (Wildman–Crippen LogP) is 2.74. The summed E-state index contributed by atoms with van der Waals surface area (Å²) in [5.41, 5.74) is 5.90. The van der Waals surface area contributed by atoms with E-state index in [0.29, 0.717) is 13.1 Å². The molecule has 1 saturated heterocycles. The van der Waals surface area contributed by atoms with E-state index in [-0.39, 0.29) is 26.9 Å². The number of piperidine rings is 1. The van der Waals surface area contributed by atoms with Crippen LogP contribution in [0.4, 0.5) is 0 Å². The first-order chi connectivity index (χ1) is 9.34. The van der Waals surface area contributed by atoms with E-state index in [1.54, 1.807) is 6.07 Å². The first kappa shape index (κ1) is 16.0. The van der Waals surface area contributed by atoms with Crippen LogP contribution in [-0.4, -0.2) is 31.9 Å². The first-order valence-electron chi connectivity index (χ1n) is 6.53. The van der Waals surface area contributed by atoms with Gasteiger partial charge in [-0.1, -0.05) is 29.3 Å². The van der Waals surface area contributed by atoms with Crippen molar-refractivity contribution in [2.24, 2.45) is 11.7 Å². The van der Waals surface area contributed by atoms with Crippen molar-refractivity contribution in [2.75, 3.05) is 13.1 Å². The molecular weight excluding hydrogens is 319 g/mol. The zero-order chi connectivity index (χ0) is 14.9. The molecule has 1 aliphatic heterocycles. The van der Waals surface area contributed by atoms with E-state index in [1.807, 2.05) is 6.92 Å². The minimum absolute atomic E-state index is 0.00587. The summed E-state index contributed by atoms with van der Waals surface area (Å²) in [6.07, 6.45) is 1.74. The molecule has 20 heavy (non-hydrogen) atoms. The van der Waals surface area contributed by atoms with Gasteiger partial charge in [-0.25, -0.2) is 8.42 Å². The standard InChI is InChI=1S/C13H18Cl2N2O2S/c1-9(16)10-4-3-7-17(8-10)20(18,19)13-11(14)5-2-6-12(13)15/h2,5-6,9-10H,3-4,7-8,16H2,1H3/t9-,10+/m1/s1. The van der Waals surface area contributed by atoms with Crippen molar-refractivity contribution in [3.63, 3.8) is 0 Å². The second kappa shape index (κ2) is 6.20. The Kier molecular flexibility index (Phi) is 4.97. The van der Waals surface area contributed by atoms with E-state index in [9.17, 15) is 8.42 Å². The zero-order valence-electron chi connectivity index (χ0n) is 11.2. The van der Waals surface area contributed by atoms with Gasteiger partial charge in [0, 0.05) is 19.1 Å². The summed E-state index contributed by atoms with van der Waals surface area (Å²) < 4.78 is 26.9. The summed E-state index contributed by atoms with van der Waals surface area (Å²) in [5, 5.41) is 0.306. The number of hydrogen-bond acceptors (Lipinski definition) is 3. The Balaban J connectivity index is 2.35. The lowest BCUT2D eigenvalue weighted by Gasteiger charge is -2.34. The molecule has 1 aromatic rings. The minimum atomic E-state index is -3.68. The molecule has 0 radical (unpaired) electrons. The number of nitrogens with two attached hydrogens (primary N) is 1. The third-order valence-electron chi connectivity index (χ3n) is 3.68. The van der Waals surface area contributed by atoms with Gasteiger partial charge in [-0.05, 0) is 37.8 Å². The molecule has 1 heterocycles. The normalized spacial score (nSPS) is 22.7. The molecule has 0 aromatic heterocycles. The maximum atomic E-state index is 12.7. The number of halogens is 2. The lowest BCUT2D eigenvalue weighted by molar-refractivity contribution is 0.243. The molecule has 1 aromatic carbocycles. The molecule has 0 saturated carbocycles. The van der Waals surface area contributed by atoms with Crippen LogP contribution in [0.15, 0.2) is 23.1 Å². The fraction of sp³-hybridized carbons (Fsp3) is 0.538. The molecule has 2 N–H and O–H groups in total. The highest BCUT2D eigenvalue weighted by Gasteiger charge is 2.34. The quantitative estimate of drug-likeness (QED) is 0.922. The van der Waals surface area contributed by atoms with Crippen LogP contribution in [0.25, 0.3) is 0 Å². The second-order valence-corrected chi connectivity index (χ2v) is 7.86. The van der Waals surface area contributed by atoms with Crippen molar-refractivity contribution in [1.82, 2.24) is 4.31 Å². The van der Waals surface area contributed by atoms with Crippen molar-refractivity contribution in [2.45, 2.75) is 30.7 Å². The van der Waals surface area contributed by atoms with Gasteiger partial charge in [-0.2, -0.15) is 4.31 Å². The van der Waals surface area contributed by atoms with E-state index >= 15 is 0 Å². The molecule has 0 amide bonds.